The second-order valence-electron chi connectivity index (χ2n) is 6.57. The van der Waals surface area contributed by atoms with Crippen molar-refractivity contribution in [2.75, 3.05) is 18.4 Å². The van der Waals surface area contributed by atoms with Gasteiger partial charge in [-0.05, 0) is 68.6 Å². The summed E-state index contributed by atoms with van der Waals surface area (Å²) in [6.45, 7) is 2.14. The van der Waals surface area contributed by atoms with Crippen molar-refractivity contribution in [2.24, 2.45) is 5.92 Å². The van der Waals surface area contributed by atoms with Gasteiger partial charge >= 0.3 is 0 Å². The van der Waals surface area contributed by atoms with E-state index < -0.39 is 0 Å². The molecule has 2 aromatic heterocycles. The zero-order valence-electron chi connectivity index (χ0n) is 14.9. The van der Waals surface area contributed by atoms with E-state index in [0.29, 0.717) is 23.9 Å². The fourth-order valence-electron chi connectivity index (χ4n) is 3.35. The number of rotatable bonds is 5. The first-order valence-corrected chi connectivity index (χ1v) is 8.82. The van der Waals surface area contributed by atoms with Gasteiger partial charge in [0.05, 0.1) is 17.3 Å². The number of furan rings is 1. The van der Waals surface area contributed by atoms with Gasteiger partial charge in [0.25, 0.3) is 0 Å². The number of H-pyrrole nitrogens is 1. The predicted molar refractivity (Wildman–Crippen MR) is 112 cm³/mol. The SMILES string of the molecule is Cl.Cl.O=C(CCC1CCNCC1)Nc1ccc2nc(-c3ccco3)[nH]c2c1. The van der Waals surface area contributed by atoms with E-state index in [1.54, 1.807) is 6.26 Å². The van der Waals surface area contributed by atoms with Gasteiger partial charge in [-0.2, -0.15) is 0 Å². The number of nitrogens with zero attached hydrogens (tertiary/aromatic N) is 1. The van der Waals surface area contributed by atoms with Crippen molar-refractivity contribution < 1.29 is 9.21 Å². The standard InChI is InChI=1S/C19H22N4O2.2ClH/c24-18(6-3-13-7-9-20-10-8-13)21-14-4-5-15-16(12-14)23-19(22-15)17-2-1-11-25-17;;/h1-2,4-5,11-13,20H,3,6-10H2,(H,21,24)(H,22,23);2*1H. The first-order chi connectivity index (χ1) is 12.3. The molecule has 0 aliphatic carbocycles. The van der Waals surface area contributed by atoms with Crippen LogP contribution in [0.15, 0.2) is 41.0 Å². The molecular weight excluding hydrogens is 387 g/mol. The Balaban J connectivity index is 0.00000131. The first kappa shape index (κ1) is 21.3. The first-order valence-electron chi connectivity index (χ1n) is 8.82. The van der Waals surface area contributed by atoms with Gasteiger partial charge in [-0.3, -0.25) is 4.79 Å². The molecule has 3 heterocycles. The number of piperidine rings is 1. The number of hydrogen-bond acceptors (Lipinski definition) is 4. The Morgan fingerprint density at radius 2 is 2.04 bits per heavy atom. The van der Waals surface area contributed by atoms with Crippen molar-refractivity contribution in [3.05, 3.63) is 36.6 Å². The number of imidazole rings is 1. The number of aromatic amines is 1. The highest BCUT2D eigenvalue weighted by Gasteiger charge is 2.15. The Labute approximate surface area is 170 Å². The number of carbonyl (C=O) groups excluding carboxylic acids is 1. The molecule has 8 heteroatoms. The van der Waals surface area contributed by atoms with E-state index in [9.17, 15) is 4.79 Å². The molecule has 3 N–H and O–H groups in total. The lowest BCUT2D eigenvalue weighted by Crippen LogP contribution is -2.28. The van der Waals surface area contributed by atoms with Gasteiger partial charge < -0.3 is 20.0 Å². The van der Waals surface area contributed by atoms with E-state index in [1.165, 1.54) is 12.8 Å². The average Bonchev–Trinajstić information content (AvgIpc) is 3.30. The van der Waals surface area contributed by atoms with E-state index in [-0.39, 0.29) is 30.7 Å². The zero-order chi connectivity index (χ0) is 17.1. The monoisotopic (exact) mass is 410 g/mol. The number of aromatic nitrogens is 2. The summed E-state index contributed by atoms with van der Waals surface area (Å²) in [6, 6.07) is 9.40. The minimum Gasteiger partial charge on any atom is -0.461 e. The van der Waals surface area contributed by atoms with Crippen LogP contribution in [0.2, 0.25) is 0 Å². The van der Waals surface area contributed by atoms with Crippen molar-refractivity contribution in [1.82, 2.24) is 15.3 Å². The molecule has 0 spiro atoms. The Bertz CT molecular complexity index is 858. The maximum Gasteiger partial charge on any atom is 0.224 e. The molecule has 6 nitrogen and oxygen atoms in total. The average molecular weight is 411 g/mol. The van der Waals surface area contributed by atoms with Gasteiger partial charge in [-0.15, -0.1) is 24.8 Å². The molecule has 146 valence electrons. The highest BCUT2D eigenvalue weighted by atomic mass is 35.5. The van der Waals surface area contributed by atoms with Gasteiger partial charge in [0, 0.05) is 12.1 Å². The van der Waals surface area contributed by atoms with Crippen LogP contribution in [0.1, 0.15) is 25.7 Å². The molecule has 0 atom stereocenters. The fourth-order valence-corrected chi connectivity index (χ4v) is 3.35. The minimum absolute atomic E-state index is 0. The van der Waals surface area contributed by atoms with Crippen LogP contribution in [0.25, 0.3) is 22.6 Å². The summed E-state index contributed by atoms with van der Waals surface area (Å²) >= 11 is 0. The van der Waals surface area contributed by atoms with Crippen LogP contribution >= 0.6 is 24.8 Å². The third kappa shape index (κ3) is 5.25. The van der Waals surface area contributed by atoms with E-state index in [0.717, 1.165) is 36.2 Å². The summed E-state index contributed by atoms with van der Waals surface area (Å²) in [7, 11) is 0. The molecular formula is C19H24Cl2N4O2. The molecule has 1 fully saturated rings. The van der Waals surface area contributed by atoms with Crippen LogP contribution < -0.4 is 10.6 Å². The Kier molecular flexibility index (Phi) is 7.71. The van der Waals surface area contributed by atoms with Gasteiger partial charge in [-0.25, -0.2) is 4.98 Å². The van der Waals surface area contributed by atoms with Crippen LogP contribution in [0.5, 0.6) is 0 Å². The molecule has 0 saturated carbocycles. The third-order valence-electron chi connectivity index (χ3n) is 4.76. The summed E-state index contributed by atoms with van der Waals surface area (Å²) in [5.41, 5.74) is 2.51. The Morgan fingerprint density at radius 3 is 2.78 bits per heavy atom. The molecule has 1 aliphatic heterocycles. The van der Waals surface area contributed by atoms with E-state index >= 15 is 0 Å². The van der Waals surface area contributed by atoms with Gasteiger partial charge in [0.15, 0.2) is 11.6 Å². The van der Waals surface area contributed by atoms with Crippen LogP contribution in [-0.2, 0) is 4.79 Å². The van der Waals surface area contributed by atoms with Crippen LogP contribution in [0.4, 0.5) is 5.69 Å². The van der Waals surface area contributed by atoms with E-state index in [2.05, 4.69) is 20.6 Å². The number of benzene rings is 1. The van der Waals surface area contributed by atoms with Crippen molar-refractivity contribution in [2.45, 2.75) is 25.7 Å². The lowest BCUT2D eigenvalue weighted by atomic mass is 9.93. The number of anilines is 1. The van der Waals surface area contributed by atoms with Gasteiger partial charge in [0.1, 0.15) is 0 Å². The predicted octanol–water partition coefficient (Wildman–Crippen LogP) is 4.38. The summed E-state index contributed by atoms with van der Waals surface area (Å²) in [4.78, 5) is 20.0. The summed E-state index contributed by atoms with van der Waals surface area (Å²) in [5, 5.41) is 6.35. The lowest BCUT2D eigenvalue weighted by molar-refractivity contribution is -0.116. The van der Waals surface area contributed by atoms with Crippen molar-refractivity contribution in [1.29, 1.82) is 0 Å². The topological polar surface area (TPSA) is 82.9 Å². The number of carbonyl (C=O) groups is 1. The maximum absolute atomic E-state index is 12.2. The number of fused-ring (bicyclic) bond motifs is 1. The van der Waals surface area contributed by atoms with Crippen molar-refractivity contribution >= 4 is 47.4 Å². The molecule has 27 heavy (non-hydrogen) atoms. The number of halogens is 2. The molecule has 1 saturated heterocycles. The quantitative estimate of drug-likeness (QED) is 0.582. The van der Waals surface area contributed by atoms with Gasteiger partial charge in [0.2, 0.25) is 5.91 Å². The zero-order valence-corrected chi connectivity index (χ0v) is 16.5. The number of amides is 1. The van der Waals surface area contributed by atoms with Crippen molar-refractivity contribution in [3.63, 3.8) is 0 Å². The number of nitrogens with one attached hydrogen (secondary N) is 3. The Morgan fingerprint density at radius 1 is 1.22 bits per heavy atom. The highest BCUT2D eigenvalue weighted by Crippen LogP contribution is 2.23. The van der Waals surface area contributed by atoms with E-state index in [1.807, 2.05) is 30.3 Å². The van der Waals surface area contributed by atoms with Gasteiger partial charge in [-0.1, -0.05) is 0 Å². The van der Waals surface area contributed by atoms with Crippen LogP contribution in [0.3, 0.4) is 0 Å². The molecule has 0 radical (unpaired) electrons. The smallest absolute Gasteiger partial charge is 0.224 e. The largest absolute Gasteiger partial charge is 0.461 e. The Hall–Kier alpha value is -2.02. The van der Waals surface area contributed by atoms with E-state index in [4.69, 9.17) is 4.42 Å². The maximum atomic E-state index is 12.2. The molecule has 4 rings (SSSR count). The second-order valence-corrected chi connectivity index (χ2v) is 6.57. The molecule has 1 aromatic carbocycles. The second kappa shape index (κ2) is 9.78. The van der Waals surface area contributed by atoms with Crippen LogP contribution in [0, 0.1) is 5.92 Å². The molecule has 0 bridgehead atoms. The molecule has 1 aliphatic rings. The van der Waals surface area contributed by atoms with Crippen LogP contribution in [-0.4, -0.2) is 29.0 Å². The summed E-state index contributed by atoms with van der Waals surface area (Å²) in [5.74, 6) is 2.12. The molecule has 3 aromatic rings. The molecule has 1 amide bonds. The number of hydrogen-bond donors (Lipinski definition) is 3. The highest BCUT2D eigenvalue weighted by molar-refractivity contribution is 5.93. The summed E-state index contributed by atoms with van der Waals surface area (Å²) in [6.07, 6.45) is 5.49. The lowest BCUT2D eigenvalue weighted by Gasteiger charge is -2.22. The fraction of sp³-hybridized carbons (Fsp3) is 0.368. The van der Waals surface area contributed by atoms with Crippen molar-refractivity contribution in [3.8, 4) is 11.6 Å². The molecule has 0 unspecified atom stereocenters. The third-order valence-corrected chi connectivity index (χ3v) is 4.76. The summed E-state index contributed by atoms with van der Waals surface area (Å²) < 4.78 is 5.37. The normalized spacial score (nSPS) is 14.4. The minimum atomic E-state index is 0.